The number of primary amides is 1. The minimum absolute atomic E-state index is 0.0765. The summed E-state index contributed by atoms with van der Waals surface area (Å²) in [5.74, 6) is -1.23. The molecule has 3 amide bonds. The molecule has 2 unspecified atom stereocenters. The van der Waals surface area contributed by atoms with E-state index in [1.54, 1.807) is 6.07 Å². The molecule has 3 atom stereocenters. The Balaban J connectivity index is 1.48. The quantitative estimate of drug-likeness (QED) is 0.288. The molecule has 0 spiro atoms. The second-order valence-corrected chi connectivity index (χ2v) is 12.3. The number of nitrogens with two attached hydrogens (primary N) is 1. The molecule has 0 aromatic heterocycles. The van der Waals surface area contributed by atoms with Crippen LogP contribution in [-0.2, 0) is 20.9 Å². The first-order chi connectivity index (χ1) is 19.3. The zero-order valence-corrected chi connectivity index (χ0v) is 24.9. The Bertz CT molecular complexity index is 1200. The van der Waals surface area contributed by atoms with Crippen molar-refractivity contribution in [3.05, 3.63) is 58.1 Å². The van der Waals surface area contributed by atoms with E-state index in [9.17, 15) is 14.4 Å². The van der Waals surface area contributed by atoms with E-state index in [1.165, 1.54) is 0 Å². The standard InChI is InChI=1S/C32H41Cl2N3O3/c1-2-3-12-26(30(35)38)27(18-21-8-6-9-21)31(39)36-29-13-4-5-16-37(32(29)40)20-22-10-7-11-23(17-22)25-15-14-24(33)19-28(25)34/h7,10-11,14-15,17,19,21,26-27,29H,2-6,8-9,12-13,16,18,20H2,1H3,(H2,35,38)(H,36,39)/t26?,27?,29-/m0/s1. The smallest absolute Gasteiger partial charge is 0.245 e. The highest BCUT2D eigenvalue weighted by atomic mass is 35.5. The van der Waals surface area contributed by atoms with Crippen LogP contribution in [0, 0.1) is 17.8 Å². The van der Waals surface area contributed by atoms with Gasteiger partial charge in [-0.3, -0.25) is 14.4 Å². The number of benzene rings is 2. The van der Waals surface area contributed by atoms with Gasteiger partial charge in [-0.1, -0.05) is 86.5 Å². The van der Waals surface area contributed by atoms with Gasteiger partial charge in [0.2, 0.25) is 17.7 Å². The van der Waals surface area contributed by atoms with Crippen LogP contribution < -0.4 is 11.1 Å². The molecule has 0 bridgehead atoms. The SMILES string of the molecule is CCCCC(C(N)=O)C(CC1CCC1)C(=O)N[C@H]1CCCCN(Cc2cccc(-c3ccc(Cl)cc3Cl)c2)C1=O. The van der Waals surface area contributed by atoms with Crippen molar-refractivity contribution in [2.45, 2.75) is 83.7 Å². The second-order valence-electron chi connectivity index (χ2n) is 11.4. The molecule has 0 radical (unpaired) electrons. The monoisotopic (exact) mass is 585 g/mol. The van der Waals surface area contributed by atoms with Gasteiger partial charge in [0.05, 0.1) is 0 Å². The summed E-state index contributed by atoms with van der Waals surface area (Å²) in [7, 11) is 0. The van der Waals surface area contributed by atoms with Gasteiger partial charge in [0, 0.05) is 40.5 Å². The van der Waals surface area contributed by atoms with Crippen molar-refractivity contribution in [2.24, 2.45) is 23.5 Å². The van der Waals surface area contributed by atoms with Crippen molar-refractivity contribution < 1.29 is 14.4 Å². The normalized spacial score (nSPS) is 19.4. The molecule has 2 aliphatic rings. The van der Waals surface area contributed by atoms with Gasteiger partial charge in [0.15, 0.2) is 0 Å². The van der Waals surface area contributed by atoms with Crippen LogP contribution in [0.25, 0.3) is 11.1 Å². The number of amides is 3. The average molecular weight is 587 g/mol. The highest BCUT2D eigenvalue weighted by Gasteiger charge is 2.38. The molecule has 8 heteroatoms. The third kappa shape index (κ3) is 7.79. The number of nitrogens with one attached hydrogen (secondary N) is 1. The van der Waals surface area contributed by atoms with Gasteiger partial charge in [0.25, 0.3) is 0 Å². The molecule has 1 aliphatic carbocycles. The highest BCUT2D eigenvalue weighted by Crippen LogP contribution is 2.36. The molecule has 2 aromatic carbocycles. The van der Waals surface area contributed by atoms with Crippen LogP contribution in [0.1, 0.15) is 76.7 Å². The molecular weight excluding hydrogens is 545 g/mol. The molecule has 4 rings (SSSR count). The Kier molecular flexibility index (Phi) is 10.9. The van der Waals surface area contributed by atoms with Crippen molar-refractivity contribution in [2.75, 3.05) is 6.54 Å². The van der Waals surface area contributed by atoms with E-state index in [4.69, 9.17) is 28.9 Å². The molecule has 2 aromatic rings. The predicted octanol–water partition coefficient (Wildman–Crippen LogP) is 6.76. The number of nitrogens with zero attached hydrogens (tertiary/aromatic N) is 1. The van der Waals surface area contributed by atoms with E-state index in [0.717, 1.165) is 61.6 Å². The van der Waals surface area contributed by atoms with Crippen LogP contribution in [-0.4, -0.2) is 35.2 Å². The Morgan fingerprint density at radius 1 is 1.05 bits per heavy atom. The lowest BCUT2D eigenvalue weighted by molar-refractivity contribution is -0.139. The molecule has 216 valence electrons. The maximum Gasteiger partial charge on any atom is 0.245 e. The first-order valence-corrected chi connectivity index (χ1v) is 15.4. The minimum atomic E-state index is -0.604. The molecule has 40 heavy (non-hydrogen) atoms. The molecule has 1 saturated heterocycles. The van der Waals surface area contributed by atoms with E-state index in [1.807, 2.05) is 41.3 Å². The Hall–Kier alpha value is -2.57. The van der Waals surface area contributed by atoms with Gasteiger partial charge in [-0.25, -0.2) is 0 Å². The van der Waals surface area contributed by atoms with Gasteiger partial charge >= 0.3 is 0 Å². The van der Waals surface area contributed by atoms with E-state index in [0.29, 0.717) is 48.3 Å². The number of halogens is 2. The zero-order chi connectivity index (χ0) is 28.6. The van der Waals surface area contributed by atoms with E-state index >= 15 is 0 Å². The van der Waals surface area contributed by atoms with Crippen LogP contribution in [0.3, 0.4) is 0 Å². The fraction of sp³-hybridized carbons (Fsp3) is 0.531. The zero-order valence-electron chi connectivity index (χ0n) is 23.3. The summed E-state index contributed by atoms with van der Waals surface area (Å²) in [4.78, 5) is 41.6. The van der Waals surface area contributed by atoms with Crippen LogP contribution in [0.5, 0.6) is 0 Å². The lowest BCUT2D eigenvalue weighted by Gasteiger charge is -2.33. The third-order valence-corrected chi connectivity index (χ3v) is 9.06. The molecule has 1 heterocycles. The second kappa shape index (κ2) is 14.4. The number of carbonyl (C=O) groups is 3. The molecule has 2 fully saturated rings. The first-order valence-electron chi connectivity index (χ1n) is 14.7. The topological polar surface area (TPSA) is 92.5 Å². The summed E-state index contributed by atoms with van der Waals surface area (Å²) in [6, 6.07) is 12.8. The summed E-state index contributed by atoms with van der Waals surface area (Å²) in [5, 5.41) is 4.22. The molecule has 1 aliphatic heterocycles. The van der Waals surface area contributed by atoms with Gasteiger partial charge in [-0.15, -0.1) is 0 Å². The van der Waals surface area contributed by atoms with Crippen molar-refractivity contribution >= 4 is 40.9 Å². The fourth-order valence-electron chi connectivity index (χ4n) is 5.96. The van der Waals surface area contributed by atoms with Crippen molar-refractivity contribution in [1.82, 2.24) is 10.2 Å². The summed E-state index contributed by atoms with van der Waals surface area (Å²) in [5.41, 5.74) is 8.63. The van der Waals surface area contributed by atoms with Crippen LogP contribution in [0.15, 0.2) is 42.5 Å². The molecule has 1 saturated carbocycles. The number of likely N-dealkylation sites (tertiary alicyclic amines) is 1. The summed E-state index contributed by atoms with van der Waals surface area (Å²) >= 11 is 12.5. The first kappa shape index (κ1) is 30.4. The highest BCUT2D eigenvalue weighted by molar-refractivity contribution is 6.36. The number of hydrogen-bond donors (Lipinski definition) is 2. The average Bonchev–Trinajstić information content (AvgIpc) is 3.06. The van der Waals surface area contributed by atoms with Crippen molar-refractivity contribution in [3.8, 4) is 11.1 Å². The number of rotatable bonds is 12. The number of unbranched alkanes of at least 4 members (excludes halogenated alkanes) is 1. The van der Waals surface area contributed by atoms with Crippen molar-refractivity contribution in [1.29, 1.82) is 0 Å². The van der Waals surface area contributed by atoms with Gasteiger partial charge in [-0.05, 0) is 67.3 Å². The van der Waals surface area contributed by atoms with Crippen LogP contribution in [0.4, 0.5) is 0 Å². The van der Waals surface area contributed by atoms with Crippen molar-refractivity contribution in [3.63, 3.8) is 0 Å². The van der Waals surface area contributed by atoms with Gasteiger partial charge in [0.1, 0.15) is 6.04 Å². The van der Waals surface area contributed by atoms with Gasteiger partial charge < -0.3 is 16.0 Å². The van der Waals surface area contributed by atoms with Crippen LogP contribution in [0.2, 0.25) is 10.0 Å². The van der Waals surface area contributed by atoms with Gasteiger partial charge in [-0.2, -0.15) is 0 Å². The minimum Gasteiger partial charge on any atom is -0.369 e. The summed E-state index contributed by atoms with van der Waals surface area (Å²) in [6.07, 6.45) is 8.68. The van der Waals surface area contributed by atoms with E-state index in [-0.39, 0.29) is 11.8 Å². The molecule has 6 nitrogen and oxygen atoms in total. The maximum atomic E-state index is 13.7. The Morgan fingerprint density at radius 2 is 1.85 bits per heavy atom. The fourth-order valence-corrected chi connectivity index (χ4v) is 6.48. The third-order valence-electron chi connectivity index (χ3n) is 8.51. The largest absolute Gasteiger partial charge is 0.369 e. The summed E-state index contributed by atoms with van der Waals surface area (Å²) in [6.45, 7) is 3.14. The maximum absolute atomic E-state index is 13.7. The molecule has 3 N–H and O–H groups in total. The van der Waals surface area contributed by atoms with Crippen LogP contribution >= 0.6 is 23.2 Å². The van der Waals surface area contributed by atoms with E-state index < -0.39 is 23.8 Å². The number of hydrogen-bond acceptors (Lipinski definition) is 3. The Morgan fingerprint density at radius 3 is 2.52 bits per heavy atom. The molecular formula is C32H41Cl2N3O3. The Labute approximate surface area is 248 Å². The number of carbonyl (C=O) groups excluding carboxylic acids is 3. The lowest BCUT2D eigenvalue weighted by atomic mass is 9.73. The summed E-state index contributed by atoms with van der Waals surface area (Å²) < 4.78 is 0. The lowest BCUT2D eigenvalue weighted by Crippen LogP contribution is -2.51. The predicted molar refractivity (Wildman–Crippen MR) is 161 cm³/mol. The van der Waals surface area contributed by atoms with E-state index in [2.05, 4.69) is 12.2 Å².